The number of hydrogen-bond acceptors (Lipinski definition) is 19. The fraction of sp³-hybridized carbons (Fsp3) is 0.898. The van der Waals surface area contributed by atoms with E-state index in [0.29, 0.717) is 32.1 Å². The molecule has 25 atom stereocenters. The van der Waals surface area contributed by atoms with Gasteiger partial charge in [-0.15, -0.1) is 0 Å². The Morgan fingerprint density at radius 2 is 1.30 bits per heavy atom. The Kier molecular flexibility index (Phi) is 14.0. The van der Waals surface area contributed by atoms with Crippen molar-refractivity contribution < 1.29 is 98.6 Å². The number of carbonyl (C=O) groups excluding carboxylic acids is 2. The lowest BCUT2D eigenvalue weighted by molar-refractivity contribution is -0.380. The molecule has 5 aliphatic carbocycles. The number of rotatable bonds is 8. The lowest BCUT2D eigenvalue weighted by atomic mass is 9.33. The van der Waals surface area contributed by atoms with Crippen LogP contribution in [0.1, 0.15) is 114 Å². The van der Waals surface area contributed by atoms with Crippen molar-refractivity contribution in [3.8, 4) is 0 Å². The molecule has 8 rings (SSSR count). The number of aliphatic hydroxyl groups is 9. The Hall–Kier alpha value is -2.41. The third-order valence-electron chi connectivity index (χ3n) is 19.2. The van der Waals surface area contributed by atoms with Crippen molar-refractivity contribution in [1.82, 2.24) is 0 Å². The molecule has 3 heterocycles. The van der Waals surface area contributed by atoms with E-state index in [2.05, 4.69) is 33.8 Å². The van der Waals surface area contributed by atoms with E-state index >= 15 is 4.79 Å². The molecule has 0 amide bonds. The SMILES string of the molecule is CC(=O)OC1C(C)OC(OC(=O)C23CCC(C)(C)CC2C2=CCC4C5(C)CC(O)C(O)C(C)(C(=O)O)C5CCC4(C)C2(C)CC3O)C(OC2OC(C)C(O)C(O)C2O)C1OC1OCC(O)C(O)C1O. The van der Waals surface area contributed by atoms with Crippen LogP contribution in [0.25, 0.3) is 0 Å². The second kappa shape index (κ2) is 18.2. The Morgan fingerprint density at radius 1 is 0.667 bits per heavy atom. The molecule has 3 aliphatic heterocycles. The smallest absolute Gasteiger partial charge is 0.317 e. The van der Waals surface area contributed by atoms with Crippen LogP contribution in [0, 0.1) is 50.2 Å². The summed E-state index contributed by atoms with van der Waals surface area (Å²) in [6, 6.07) is 0. The Labute approximate surface area is 402 Å². The van der Waals surface area contributed by atoms with Crippen molar-refractivity contribution in [2.24, 2.45) is 50.2 Å². The number of allylic oxidation sites excluding steroid dienone is 2. The Bertz CT molecular complexity index is 2000. The third-order valence-corrected chi connectivity index (χ3v) is 19.2. The second-order valence-corrected chi connectivity index (χ2v) is 23.6. The highest BCUT2D eigenvalue weighted by molar-refractivity contribution is 5.80. The molecule has 0 radical (unpaired) electrons. The van der Waals surface area contributed by atoms with E-state index in [1.807, 2.05) is 6.92 Å². The normalized spacial score (nSPS) is 53.8. The minimum Gasteiger partial charge on any atom is -0.481 e. The van der Waals surface area contributed by atoms with Crippen LogP contribution in [0.15, 0.2) is 11.6 Å². The molecule has 7 fully saturated rings. The molecule has 69 heavy (non-hydrogen) atoms. The average Bonchev–Trinajstić information content (AvgIpc) is 3.26. The summed E-state index contributed by atoms with van der Waals surface area (Å²) in [5.41, 5.74) is -4.54. The number of carbonyl (C=O) groups is 3. The van der Waals surface area contributed by atoms with Crippen LogP contribution in [0.5, 0.6) is 0 Å². The highest BCUT2D eigenvalue weighted by Crippen LogP contribution is 2.76. The zero-order chi connectivity index (χ0) is 50.9. The highest BCUT2D eigenvalue weighted by atomic mass is 16.8. The van der Waals surface area contributed by atoms with Crippen LogP contribution in [0.4, 0.5) is 0 Å². The van der Waals surface area contributed by atoms with Crippen molar-refractivity contribution in [1.29, 1.82) is 0 Å². The molecule has 0 bridgehead atoms. The maximum absolute atomic E-state index is 15.6. The first-order valence-corrected chi connectivity index (χ1v) is 24.7. The van der Waals surface area contributed by atoms with Gasteiger partial charge in [-0.1, -0.05) is 46.3 Å². The lowest BCUT2D eigenvalue weighted by Crippen LogP contribution is -2.70. The molecule has 0 aromatic rings. The molecule has 8 aliphatic rings. The molecule has 0 spiro atoms. The minimum absolute atomic E-state index is 0.118. The predicted octanol–water partition coefficient (Wildman–Crippen LogP) is 0.412. The van der Waals surface area contributed by atoms with Gasteiger partial charge in [0.25, 0.3) is 0 Å². The molecule has 25 unspecified atom stereocenters. The van der Waals surface area contributed by atoms with Gasteiger partial charge >= 0.3 is 17.9 Å². The van der Waals surface area contributed by atoms with E-state index in [-0.39, 0.29) is 30.6 Å². The maximum Gasteiger partial charge on any atom is 0.317 e. The molecule has 3 saturated heterocycles. The van der Waals surface area contributed by atoms with Crippen LogP contribution in [0.3, 0.4) is 0 Å². The number of carboxylic acid groups (broad SMARTS) is 1. The first-order chi connectivity index (χ1) is 32.0. The monoisotopic (exact) mass is 984 g/mol. The fourth-order valence-corrected chi connectivity index (χ4v) is 15.1. The Morgan fingerprint density at radius 3 is 1.96 bits per heavy atom. The van der Waals surface area contributed by atoms with Crippen molar-refractivity contribution in [3.05, 3.63) is 11.6 Å². The van der Waals surface area contributed by atoms with Crippen molar-refractivity contribution in [3.63, 3.8) is 0 Å². The van der Waals surface area contributed by atoms with E-state index in [9.17, 15) is 60.7 Å². The number of fused-ring (bicyclic) bond motifs is 7. The van der Waals surface area contributed by atoms with E-state index in [1.165, 1.54) is 20.8 Å². The first-order valence-electron chi connectivity index (χ1n) is 24.7. The van der Waals surface area contributed by atoms with Gasteiger partial charge in [0.15, 0.2) is 24.8 Å². The number of ether oxygens (including phenoxy) is 7. The summed E-state index contributed by atoms with van der Waals surface area (Å²) in [6.45, 7) is 15.6. The number of hydrogen-bond donors (Lipinski definition) is 10. The van der Waals surface area contributed by atoms with Crippen LogP contribution < -0.4 is 0 Å². The average molecular weight is 985 g/mol. The van der Waals surface area contributed by atoms with Crippen molar-refractivity contribution >= 4 is 17.9 Å². The molecule has 20 heteroatoms. The third kappa shape index (κ3) is 8.13. The fourth-order valence-electron chi connectivity index (χ4n) is 15.1. The van der Waals surface area contributed by atoms with E-state index < -0.39 is 168 Å². The van der Waals surface area contributed by atoms with Gasteiger partial charge < -0.3 is 84.2 Å². The Balaban J connectivity index is 1.18. The van der Waals surface area contributed by atoms with Gasteiger partial charge in [-0.25, -0.2) is 0 Å². The number of aliphatic carboxylic acids is 1. The highest BCUT2D eigenvalue weighted by Gasteiger charge is 2.74. The summed E-state index contributed by atoms with van der Waals surface area (Å²) in [5.74, 6) is -4.03. The van der Waals surface area contributed by atoms with Crippen molar-refractivity contribution in [2.45, 2.75) is 218 Å². The van der Waals surface area contributed by atoms with Crippen LogP contribution in [0.2, 0.25) is 0 Å². The minimum atomic E-state index is -1.89. The molecule has 0 aromatic heterocycles. The number of aliphatic hydroxyl groups excluding tert-OH is 9. The van der Waals surface area contributed by atoms with Gasteiger partial charge in [-0.05, 0) is 112 Å². The van der Waals surface area contributed by atoms with Gasteiger partial charge in [0, 0.05) is 6.92 Å². The molecule has 392 valence electrons. The van der Waals surface area contributed by atoms with E-state index in [0.717, 1.165) is 12.5 Å². The molecule has 4 saturated carbocycles. The van der Waals surface area contributed by atoms with Gasteiger partial charge in [0.1, 0.15) is 48.1 Å². The summed E-state index contributed by atoms with van der Waals surface area (Å²) in [5, 5.41) is 110. The zero-order valence-electron chi connectivity index (χ0n) is 41.0. The lowest BCUT2D eigenvalue weighted by Gasteiger charge is -2.71. The summed E-state index contributed by atoms with van der Waals surface area (Å²) in [4.78, 5) is 41.2. The standard InChI is InChI=1S/C49H76O20/c1-20-30(54)32(56)34(58)40(64-20)68-37-36(67-39-33(57)31(55)26(52)19-63-39)35(66-22(3)50)21(2)65-41(37)69-43(62)49-15-14-44(4,5)16-24(49)23-10-11-27-45(6)17-25(51)38(59)48(9,42(60)61)28(45)12-13-46(27,7)47(23,8)18-29(49)53/h10,20-21,24-41,51-59H,11-19H2,1-9H3,(H,60,61). The maximum atomic E-state index is 15.6. The van der Waals surface area contributed by atoms with Gasteiger partial charge in [-0.2, -0.15) is 0 Å². The summed E-state index contributed by atoms with van der Waals surface area (Å²) in [7, 11) is 0. The molecular weight excluding hydrogens is 909 g/mol. The van der Waals surface area contributed by atoms with Crippen LogP contribution in [-0.2, 0) is 47.5 Å². The zero-order valence-corrected chi connectivity index (χ0v) is 41.0. The van der Waals surface area contributed by atoms with Crippen LogP contribution in [-0.4, -0.2) is 180 Å². The summed E-state index contributed by atoms with van der Waals surface area (Å²) < 4.78 is 42.5. The van der Waals surface area contributed by atoms with Gasteiger partial charge in [-0.3, -0.25) is 14.4 Å². The van der Waals surface area contributed by atoms with Gasteiger partial charge in [0.05, 0.1) is 42.5 Å². The largest absolute Gasteiger partial charge is 0.481 e. The molecular formula is C49H76O20. The van der Waals surface area contributed by atoms with Crippen molar-refractivity contribution in [2.75, 3.05) is 6.61 Å². The second-order valence-electron chi connectivity index (χ2n) is 23.6. The summed E-state index contributed by atoms with van der Waals surface area (Å²) >= 11 is 0. The number of carboxylic acids is 1. The van der Waals surface area contributed by atoms with E-state index in [4.69, 9.17) is 33.2 Å². The predicted molar refractivity (Wildman–Crippen MR) is 236 cm³/mol. The van der Waals surface area contributed by atoms with Crippen LogP contribution >= 0.6 is 0 Å². The molecule has 10 N–H and O–H groups in total. The topological polar surface area (TPSA) is 318 Å². The van der Waals surface area contributed by atoms with Gasteiger partial charge in [0.2, 0.25) is 6.29 Å². The molecule has 0 aromatic carbocycles. The number of esters is 2. The molecule has 20 nitrogen and oxygen atoms in total. The summed E-state index contributed by atoms with van der Waals surface area (Å²) in [6.07, 6.45) is -21.4. The quantitative estimate of drug-likeness (QED) is 0.116. The van der Waals surface area contributed by atoms with E-state index in [1.54, 1.807) is 0 Å². The first kappa shape index (κ1) is 52.9.